The Balaban J connectivity index is 2.29. The van der Waals surface area contributed by atoms with Crippen LogP contribution in [0.15, 0.2) is 0 Å². The maximum Gasteiger partial charge on any atom is 0.219 e. The third kappa shape index (κ3) is 3.29. The van der Waals surface area contributed by atoms with Gasteiger partial charge in [-0.15, -0.1) is 0 Å². The van der Waals surface area contributed by atoms with Crippen LogP contribution in [0.5, 0.6) is 0 Å². The zero-order valence-electron chi connectivity index (χ0n) is 9.31. The molecule has 1 heterocycles. The van der Waals surface area contributed by atoms with Crippen LogP contribution in [0.4, 0.5) is 0 Å². The summed E-state index contributed by atoms with van der Waals surface area (Å²) in [5.74, 6) is 0.896. The van der Waals surface area contributed by atoms with Gasteiger partial charge in [-0.05, 0) is 25.3 Å². The summed E-state index contributed by atoms with van der Waals surface area (Å²) in [6, 6.07) is 0.490. The topological polar surface area (TPSA) is 41.1 Å². The van der Waals surface area contributed by atoms with Crippen LogP contribution >= 0.6 is 0 Å². The largest absolute Gasteiger partial charge is 0.355 e. The van der Waals surface area contributed by atoms with E-state index in [-0.39, 0.29) is 5.91 Å². The van der Waals surface area contributed by atoms with Gasteiger partial charge in [-0.1, -0.05) is 20.3 Å². The van der Waals surface area contributed by atoms with Gasteiger partial charge in [0, 0.05) is 19.0 Å². The molecule has 0 aromatic rings. The van der Waals surface area contributed by atoms with Crippen molar-refractivity contribution in [2.24, 2.45) is 5.92 Å². The molecular formula is C11H22N2O. The Bertz CT molecular complexity index is 182. The number of rotatable bonds is 4. The van der Waals surface area contributed by atoms with Crippen LogP contribution in [0.1, 0.15) is 39.5 Å². The summed E-state index contributed by atoms with van der Waals surface area (Å²) in [6.45, 7) is 6.02. The molecule has 1 aliphatic heterocycles. The van der Waals surface area contributed by atoms with Gasteiger partial charge in [0.15, 0.2) is 0 Å². The fourth-order valence-electron chi connectivity index (χ4n) is 2.10. The summed E-state index contributed by atoms with van der Waals surface area (Å²) in [4.78, 5) is 11.1. The lowest BCUT2D eigenvalue weighted by atomic mass is 9.88. The Morgan fingerprint density at radius 1 is 1.50 bits per heavy atom. The predicted octanol–water partition coefficient (Wildman–Crippen LogP) is 1.29. The van der Waals surface area contributed by atoms with E-state index in [0.717, 1.165) is 19.0 Å². The van der Waals surface area contributed by atoms with Gasteiger partial charge in [0.1, 0.15) is 0 Å². The highest BCUT2D eigenvalue weighted by Crippen LogP contribution is 2.19. The van der Waals surface area contributed by atoms with Gasteiger partial charge in [-0.2, -0.15) is 0 Å². The summed E-state index contributed by atoms with van der Waals surface area (Å²) < 4.78 is 0. The predicted molar refractivity (Wildman–Crippen MR) is 58.1 cm³/mol. The smallest absolute Gasteiger partial charge is 0.219 e. The highest BCUT2D eigenvalue weighted by molar-refractivity contribution is 5.75. The first kappa shape index (κ1) is 11.5. The van der Waals surface area contributed by atoms with Crippen LogP contribution in [0.2, 0.25) is 0 Å². The highest BCUT2D eigenvalue weighted by Gasteiger charge is 2.22. The van der Waals surface area contributed by atoms with Crippen molar-refractivity contribution in [2.45, 2.75) is 45.6 Å². The first-order chi connectivity index (χ1) is 6.77. The van der Waals surface area contributed by atoms with Crippen molar-refractivity contribution in [1.29, 1.82) is 0 Å². The molecule has 2 unspecified atom stereocenters. The Morgan fingerprint density at radius 3 is 2.93 bits per heavy atom. The molecule has 0 aliphatic carbocycles. The second-order valence-electron chi connectivity index (χ2n) is 4.03. The Morgan fingerprint density at radius 2 is 2.29 bits per heavy atom. The van der Waals surface area contributed by atoms with Crippen molar-refractivity contribution < 1.29 is 4.79 Å². The summed E-state index contributed by atoms with van der Waals surface area (Å²) in [7, 11) is 0. The number of nitrogens with one attached hydrogen (secondary N) is 2. The monoisotopic (exact) mass is 198 g/mol. The summed E-state index contributed by atoms with van der Waals surface area (Å²) >= 11 is 0. The Labute approximate surface area is 86.6 Å². The van der Waals surface area contributed by atoms with Crippen LogP contribution < -0.4 is 10.6 Å². The van der Waals surface area contributed by atoms with E-state index in [4.69, 9.17) is 0 Å². The lowest BCUT2D eigenvalue weighted by Crippen LogP contribution is -2.48. The lowest BCUT2D eigenvalue weighted by molar-refractivity contribution is -0.120. The molecule has 14 heavy (non-hydrogen) atoms. The maximum atomic E-state index is 11.1. The van der Waals surface area contributed by atoms with Crippen molar-refractivity contribution in [3.63, 3.8) is 0 Å². The second kappa shape index (κ2) is 6.02. The van der Waals surface area contributed by atoms with Gasteiger partial charge >= 0.3 is 0 Å². The molecule has 1 rings (SSSR count). The first-order valence-electron chi connectivity index (χ1n) is 5.78. The molecule has 1 fully saturated rings. The zero-order chi connectivity index (χ0) is 10.4. The van der Waals surface area contributed by atoms with E-state index in [0.29, 0.717) is 12.5 Å². The maximum absolute atomic E-state index is 11.1. The van der Waals surface area contributed by atoms with E-state index in [2.05, 4.69) is 17.6 Å². The van der Waals surface area contributed by atoms with Crippen molar-refractivity contribution >= 4 is 5.91 Å². The van der Waals surface area contributed by atoms with Crippen molar-refractivity contribution in [3.8, 4) is 0 Å². The fraction of sp³-hybridized carbons (Fsp3) is 0.909. The van der Waals surface area contributed by atoms with Crippen LogP contribution in [-0.4, -0.2) is 25.0 Å². The van der Waals surface area contributed by atoms with Gasteiger partial charge < -0.3 is 10.6 Å². The zero-order valence-corrected chi connectivity index (χ0v) is 9.31. The van der Waals surface area contributed by atoms with Crippen LogP contribution in [0.3, 0.4) is 0 Å². The third-order valence-corrected chi connectivity index (χ3v) is 3.09. The number of amides is 1. The van der Waals surface area contributed by atoms with Gasteiger partial charge in [0.2, 0.25) is 5.91 Å². The minimum absolute atomic E-state index is 0.159. The van der Waals surface area contributed by atoms with E-state index in [1.54, 1.807) is 0 Å². The summed E-state index contributed by atoms with van der Waals surface area (Å²) in [5.41, 5.74) is 0. The van der Waals surface area contributed by atoms with Gasteiger partial charge in [-0.3, -0.25) is 4.79 Å². The fourth-order valence-corrected chi connectivity index (χ4v) is 2.10. The molecule has 0 aromatic carbocycles. The SMILES string of the molecule is CCC(=O)NCC1NCCCC1CC. The minimum atomic E-state index is 0.159. The number of carbonyl (C=O) groups is 1. The number of piperidine rings is 1. The van der Waals surface area contributed by atoms with Crippen molar-refractivity contribution in [1.82, 2.24) is 10.6 Å². The van der Waals surface area contributed by atoms with Gasteiger partial charge in [-0.25, -0.2) is 0 Å². The molecule has 2 atom stereocenters. The molecule has 82 valence electrons. The van der Waals surface area contributed by atoms with Gasteiger partial charge in [0.05, 0.1) is 0 Å². The Hall–Kier alpha value is -0.570. The molecule has 0 aromatic heterocycles. The number of carbonyl (C=O) groups excluding carboxylic acids is 1. The van der Waals surface area contributed by atoms with E-state index in [1.807, 2.05) is 6.92 Å². The molecular weight excluding hydrogens is 176 g/mol. The van der Waals surface area contributed by atoms with Crippen LogP contribution in [0, 0.1) is 5.92 Å². The highest BCUT2D eigenvalue weighted by atomic mass is 16.1. The van der Waals surface area contributed by atoms with E-state index in [1.165, 1.54) is 19.3 Å². The van der Waals surface area contributed by atoms with Crippen LogP contribution in [0.25, 0.3) is 0 Å². The van der Waals surface area contributed by atoms with Gasteiger partial charge in [0.25, 0.3) is 0 Å². The molecule has 0 radical (unpaired) electrons. The summed E-state index contributed by atoms with van der Waals surface area (Å²) in [5, 5.41) is 6.45. The molecule has 1 aliphatic rings. The van der Waals surface area contributed by atoms with E-state index >= 15 is 0 Å². The van der Waals surface area contributed by atoms with Crippen molar-refractivity contribution in [3.05, 3.63) is 0 Å². The average molecular weight is 198 g/mol. The molecule has 0 spiro atoms. The molecule has 3 nitrogen and oxygen atoms in total. The third-order valence-electron chi connectivity index (χ3n) is 3.09. The Kier molecular flexibility index (Phi) is 4.94. The second-order valence-corrected chi connectivity index (χ2v) is 4.03. The first-order valence-corrected chi connectivity index (χ1v) is 5.78. The van der Waals surface area contributed by atoms with E-state index in [9.17, 15) is 4.79 Å². The molecule has 3 heteroatoms. The molecule has 0 bridgehead atoms. The molecule has 1 amide bonds. The summed E-state index contributed by atoms with van der Waals surface area (Å²) in [6.07, 6.45) is 4.37. The molecule has 1 saturated heterocycles. The molecule has 2 N–H and O–H groups in total. The average Bonchev–Trinajstić information content (AvgIpc) is 2.26. The minimum Gasteiger partial charge on any atom is -0.355 e. The lowest BCUT2D eigenvalue weighted by Gasteiger charge is -2.32. The number of hydrogen-bond acceptors (Lipinski definition) is 2. The van der Waals surface area contributed by atoms with Crippen molar-refractivity contribution in [2.75, 3.05) is 13.1 Å². The standard InChI is InChI=1S/C11H22N2O/c1-3-9-6-5-7-12-10(9)8-13-11(14)4-2/h9-10,12H,3-8H2,1-2H3,(H,13,14). The normalized spacial score (nSPS) is 27.3. The van der Waals surface area contributed by atoms with Crippen LogP contribution in [-0.2, 0) is 4.79 Å². The molecule has 0 saturated carbocycles. The quantitative estimate of drug-likeness (QED) is 0.714. The van der Waals surface area contributed by atoms with E-state index < -0.39 is 0 Å². The number of hydrogen-bond donors (Lipinski definition) is 2.